The van der Waals surface area contributed by atoms with Crippen LogP contribution in [0.15, 0.2) is 23.6 Å². The lowest BCUT2D eigenvalue weighted by Gasteiger charge is -2.06. The molecule has 1 amide bonds. The van der Waals surface area contributed by atoms with Crippen molar-refractivity contribution in [1.82, 2.24) is 20.1 Å². The Morgan fingerprint density at radius 1 is 1.31 bits per heavy atom. The molecule has 2 heterocycles. The SMILES string of the molecule is Cc1nc(CNC(=O)c2nn(-c3ccc(F)c(F)c3)c3c2CCC3)cs1. The number of rotatable bonds is 4. The maximum Gasteiger partial charge on any atom is 0.272 e. The van der Waals surface area contributed by atoms with Crippen molar-refractivity contribution < 1.29 is 13.6 Å². The third kappa shape index (κ3) is 3.01. The van der Waals surface area contributed by atoms with Gasteiger partial charge in [-0.05, 0) is 38.3 Å². The highest BCUT2D eigenvalue weighted by Crippen LogP contribution is 2.28. The van der Waals surface area contributed by atoms with E-state index in [2.05, 4.69) is 15.4 Å². The summed E-state index contributed by atoms with van der Waals surface area (Å²) in [5.74, 6) is -2.13. The third-order valence-corrected chi connectivity index (χ3v) is 5.21. The van der Waals surface area contributed by atoms with E-state index in [0.29, 0.717) is 17.9 Å². The number of thiazole rings is 1. The van der Waals surface area contributed by atoms with E-state index in [1.54, 1.807) is 4.68 Å². The summed E-state index contributed by atoms with van der Waals surface area (Å²) in [4.78, 5) is 16.9. The first-order valence-electron chi connectivity index (χ1n) is 8.28. The summed E-state index contributed by atoms with van der Waals surface area (Å²) >= 11 is 1.53. The van der Waals surface area contributed by atoms with Crippen LogP contribution in [0.4, 0.5) is 8.78 Å². The zero-order chi connectivity index (χ0) is 18.3. The Kier molecular flexibility index (Phi) is 4.28. The van der Waals surface area contributed by atoms with Gasteiger partial charge in [-0.3, -0.25) is 4.79 Å². The molecule has 0 aliphatic heterocycles. The highest BCUT2D eigenvalue weighted by Gasteiger charge is 2.27. The molecule has 0 fully saturated rings. The van der Waals surface area contributed by atoms with Gasteiger partial charge in [0.15, 0.2) is 17.3 Å². The fraction of sp³-hybridized carbons (Fsp3) is 0.278. The Morgan fingerprint density at radius 2 is 2.15 bits per heavy atom. The van der Waals surface area contributed by atoms with E-state index in [1.807, 2.05) is 12.3 Å². The second-order valence-corrected chi connectivity index (χ2v) is 7.24. The molecule has 3 aromatic rings. The predicted octanol–water partition coefficient (Wildman–Crippen LogP) is 3.33. The van der Waals surface area contributed by atoms with Crippen molar-refractivity contribution in [2.45, 2.75) is 32.7 Å². The number of aryl methyl sites for hydroxylation is 1. The first-order chi connectivity index (χ1) is 12.5. The number of benzene rings is 1. The van der Waals surface area contributed by atoms with Crippen molar-refractivity contribution in [3.05, 3.63) is 62.9 Å². The maximum atomic E-state index is 13.6. The number of fused-ring (bicyclic) bond motifs is 1. The fourth-order valence-electron chi connectivity index (χ4n) is 3.19. The minimum absolute atomic E-state index is 0.282. The molecule has 0 atom stereocenters. The highest BCUT2D eigenvalue weighted by molar-refractivity contribution is 7.09. The quantitative estimate of drug-likeness (QED) is 0.762. The molecule has 8 heteroatoms. The van der Waals surface area contributed by atoms with Gasteiger partial charge < -0.3 is 5.32 Å². The second kappa shape index (κ2) is 6.60. The van der Waals surface area contributed by atoms with Gasteiger partial charge in [0.2, 0.25) is 0 Å². The molecule has 4 rings (SSSR count). The average Bonchev–Trinajstić information content (AvgIpc) is 3.31. The largest absolute Gasteiger partial charge is 0.345 e. The molecule has 1 aromatic carbocycles. The summed E-state index contributed by atoms with van der Waals surface area (Å²) in [7, 11) is 0. The third-order valence-electron chi connectivity index (χ3n) is 4.39. The molecule has 0 radical (unpaired) electrons. The van der Waals surface area contributed by atoms with Crippen LogP contribution >= 0.6 is 11.3 Å². The van der Waals surface area contributed by atoms with Crippen molar-refractivity contribution >= 4 is 17.2 Å². The molecule has 2 aromatic heterocycles. The van der Waals surface area contributed by atoms with Crippen LogP contribution in [0.25, 0.3) is 5.69 Å². The van der Waals surface area contributed by atoms with Crippen LogP contribution in [-0.4, -0.2) is 20.7 Å². The van der Waals surface area contributed by atoms with Gasteiger partial charge in [0.05, 0.1) is 22.9 Å². The molecule has 0 bridgehead atoms. The highest BCUT2D eigenvalue weighted by atomic mass is 32.1. The molecule has 1 N–H and O–H groups in total. The van der Waals surface area contributed by atoms with E-state index in [0.717, 1.165) is 53.4 Å². The van der Waals surface area contributed by atoms with Crippen molar-refractivity contribution in [2.75, 3.05) is 0 Å². The number of halogens is 2. The van der Waals surface area contributed by atoms with Crippen LogP contribution in [0.1, 0.15) is 38.9 Å². The maximum absolute atomic E-state index is 13.6. The molecule has 0 spiro atoms. The first kappa shape index (κ1) is 16.8. The number of aromatic nitrogens is 3. The topological polar surface area (TPSA) is 59.8 Å². The van der Waals surface area contributed by atoms with Gasteiger partial charge in [-0.2, -0.15) is 5.10 Å². The molecule has 0 saturated carbocycles. The standard InChI is InChI=1S/C18H16F2N4OS/c1-10-22-11(9-26-10)8-21-18(25)17-13-3-2-4-16(13)24(23-17)12-5-6-14(19)15(20)7-12/h5-7,9H,2-4,8H2,1H3,(H,21,25). The summed E-state index contributed by atoms with van der Waals surface area (Å²) in [6.45, 7) is 2.24. The number of carbonyl (C=O) groups is 1. The number of carbonyl (C=O) groups excluding carboxylic acids is 1. The monoisotopic (exact) mass is 374 g/mol. The van der Waals surface area contributed by atoms with Gasteiger partial charge >= 0.3 is 0 Å². The summed E-state index contributed by atoms with van der Waals surface area (Å²) in [5, 5.41) is 10.1. The molecular weight excluding hydrogens is 358 g/mol. The lowest BCUT2D eigenvalue weighted by atomic mass is 10.2. The summed E-state index contributed by atoms with van der Waals surface area (Å²) in [5.41, 5.74) is 3.32. The molecule has 1 aliphatic carbocycles. The van der Waals surface area contributed by atoms with Gasteiger partial charge in [0.1, 0.15) is 0 Å². The fourth-order valence-corrected chi connectivity index (χ4v) is 3.81. The molecule has 5 nitrogen and oxygen atoms in total. The number of nitrogens with zero attached hydrogens (tertiary/aromatic N) is 3. The van der Waals surface area contributed by atoms with Gasteiger partial charge in [-0.25, -0.2) is 18.4 Å². The van der Waals surface area contributed by atoms with Crippen molar-refractivity contribution in [3.63, 3.8) is 0 Å². The molecule has 0 saturated heterocycles. The second-order valence-electron chi connectivity index (χ2n) is 6.18. The summed E-state index contributed by atoms with van der Waals surface area (Å²) in [6.07, 6.45) is 2.40. The van der Waals surface area contributed by atoms with E-state index in [9.17, 15) is 13.6 Å². The van der Waals surface area contributed by atoms with Crippen LogP contribution in [0, 0.1) is 18.6 Å². The van der Waals surface area contributed by atoms with Crippen LogP contribution in [-0.2, 0) is 19.4 Å². The lowest BCUT2D eigenvalue weighted by Crippen LogP contribution is -2.24. The number of hydrogen-bond donors (Lipinski definition) is 1. The average molecular weight is 374 g/mol. The van der Waals surface area contributed by atoms with Crippen molar-refractivity contribution in [2.24, 2.45) is 0 Å². The summed E-state index contributed by atoms with van der Waals surface area (Å²) in [6, 6.07) is 3.63. The van der Waals surface area contributed by atoms with E-state index in [4.69, 9.17) is 0 Å². The van der Waals surface area contributed by atoms with Crippen LogP contribution in [0.3, 0.4) is 0 Å². The number of nitrogens with one attached hydrogen (secondary N) is 1. The molecule has 0 unspecified atom stereocenters. The molecule has 1 aliphatic rings. The smallest absolute Gasteiger partial charge is 0.272 e. The predicted molar refractivity (Wildman–Crippen MR) is 93.5 cm³/mol. The van der Waals surface area contributed by atoms with Gasteiger partial charge in [0, 0.05) is 22.7 Å². The van der Waals surface area contributed by atoms with E-state index in [-0.39, 0.29) is 5.91 Å². The molecular formula is C18H16F2N4OS. The van der Waals surface area contributed by atoms with Crippen LogP contribution in [0.5, 0.6) is 0 Å². The molecule has 134 valence electrons. The molecule has 26 heavy (non-hydrogen) atoms. The zero-order valence-corrected chi connectivity index (χ0v) is 14.9. The van der Waals surface area contributed by atoms with Gasteiger partial charge in [-0.15, -0.1) is 11.3 Å². The Labute approximate surface area is 152 Å². The minimum atomic E-state index is -0.936. The van der Waals surface area contributed by atoms with E-state index in [1.165, 1.54) is 17.4 Å². The van der Waals surface area contributed by atoms with Crippen molar-refractivity contribution in [1.29, 1.82) is 0 Å². The lowest BCUT2D eigenvalue weighted by molar-refractivity contribution is 0.0944. The van der Waals surface area contributed by atoms with Crippen LogP contribution < -0.4 is 5.32 Å². The van der Waals surface area contributed by atoms with E-state index >= 15 is 0 Å². The van der Waals surface area contributed by atoms with E-state index < -0.39 is 11.6 Å². The Hall–Kier alpha value is -2.61. The minimum Gasteiger partial charge on any atom is -0.345 e. The van der Waals surface area contributed by atoms with Gasteiger partial charge in [0.25, 0.3) is 5.91 Å². The van der Waals surface area contributed by atoms with Crippen molar-refractivity contribution in [3.8, 4) is 5.69 Å². The Morgan fingerprint density at radius 3 is 2.88 bits per heavy atom. The number of amides is 1. The van der Waals surface area contributed by atoms with Crippen LogP contribution in [0.2, 0.25) is 0 Å². The number of hydrogen-bond acceptors (Lipinski definition) is 4. The Balaban J connectivity index is 1.62. The Bertz CT molecular complexity index is 995. The van der Waals surface area contributed by atoms with Gasteiger partial charge in [-0.1, -0.05) is 0 Å². The first-order valence-corrected chi connectivity index (χ1v) is 9.16. The zero-order valence-electron chi connectivity index (χ0n) is 14.1. The normalized spacial score (nSPS) is 13.0. The summed E-state index contributed by atoms with van der Waals surface area (Å²) < 4.78 is 28.4.